The van der Waals surface area contributed by atoms with Crippen molar-refractivity contribution in [3.05, 3.63) is 0 Å². The second-order valence-corrected chi connectivity index (χ2v) is 5.81. The van der Waals surface area contributed by atoms with Crippen molar-refractivity contribution in [3.63, 3.8) is 0 Å². The molecule has 104 valence electrons. The van der Waals surface area contributed by atoms with E-state index in [0.29, 0.717) is 0 Å². The highest BCUT2D eigenvalue weighted by Gasteiger charge is 2.53. The molecule has 1 aliphatic rings. The summed E-state index contributed by atoms with van der Waals surface area (Å²) in [7, 11) is -3.75. The molecule has 1 rings (SSSR count). The van der Waals surface area contributed by atoms with Crippen molar-refractivity contribution in [1.82, 2.24) is 4.90 Å². The van der Waals surface area contributed by atoms with Crippen LogP contribution in [0.5, 0.6) is 0 Å². The molecule has 2 unspecified atom stereocenters. The first-order chi connectivity index (χ1) is 8.12. The number of carboxylic acids is 1. The van der Waals surface area contributed by atoms with E-state index in [-0.39, 0.29) is 19.4 Å². The number of aliphatic carboxylic acids is 1. The van der Waals surface area contributed by atoms with Gasteiger partial charge >= 0.3 is 12.1 Å². The number of carboxylic acid groups (broad SMARTS) is 2. The molecule has 1 heterocycles. The molecule has 8 nitrogen and oxygen atoms in total. The van der Waals surface area contributed by atoms with Crippen LogP contribution >= 0.6 is 0 Å². The topological polar surface area (TPSA) is 121 Å². The van der Waals surface area contributed by atoms with Gasteiger partial charge in [-0.3, -0.25) is 9.08 Å². The lowest BCUT2D eigenvalue weighted by atomic mass is 9.92. The van der Waals surface area contributed by atoms with E-state index in [2.05, 4.69) is 0 Å². The van der Waals surface area contributed by atoms with Gasteiger partial charge in [-0.05, 0) is 6.42 Å². The highest BCUT2D eigenvalue weighted by atomic mass is 32.2. The zero-order valence-electron chi connectivity index (χ0n) is 9.99. The molecule has 0 aromatic carbocycles. The molecule has 1 fully saturated rings. The molecule has 0 aromatic heterocycles. The molecular weight excluding hydrogens is 266 g/mol. The summed E-state index contributed by atoms with van der Waals surface area (Å²) < 4.78 is 26.7. The summed E-state index contributed by atoms with van der Waals surface area (Å²) >= 11 is 0. The first-order valence-electron chi connectivity index (χ1n) is 5.24. The molecule has 0 bridgehead atoms. The van der Waals surface area contributed by atoms with Gasteiger partial charge in [0.05, 0.1) is 18.9 Å². The van der Waals surface area contributed by atoms with E-state index in [1.165, 1.54) is 6.92 Å². The number of hydrogen-bond acceptors (Lipinski definition) is 5. The van der Waals surface area contributed by atoms with Gasteiger partial charge in [0.15, 0.2) is 0 Å². The van der Waals surface area contributed by atoms with Crippen molar-refractivity contribution in [2.24, 2.45) is 0 Å². The Balaban J connectivity index is 3.04. The number of hydrogen-bond donors (Lipinski definition) is 2. The molecule has 18 heavy (non-hydrogen) atoms. The fourth-order valence-corrected chi connectivity index (χ4v) is 2.82. The predicted molar refractivity (Wildman–Crippen MR) is 59.7 cm³/mol. The van der Waals surface area contributed by atoms with E-state index in [9.17, 15) is 23.1 Å². The third-order valence-corrected chi connectivity index (χ3v) is 3.61. The summed E-state index contributed by atoms with van der Waals surface area (Å²) in [6.45, 7) is 1.26. The maximum Gasteiger partial charge on any atom is 0.408 e. The molecule has 1 amide bonds. The molecule has 0 aromatic rings. The zero-order chi connectivity index (χ0) is 14.1. The lowest BCUT2D eigenvalue weighted by molar-refractivity contribution is -0.149. The van der Waals surface area contributed by atoms with Gasteiger partial charge in [0.1, 0.15) is 5.54 Å². The maximum absolute atomic E-state index is 11.3. The van der Waals surface area contributed by atoms with Gasteiger partial charge in [-0.1, -0.05) is 6.92 Å². The Morgan fingerprint density at radius 3 is 2.28 bits per heavy atom. The Morgan fingerprint density at radius 2 is 2.00 bits per heavy atom. The Hall–Kier alpha value is -1.35. The SMILES string of the molecule is CCC1(C(=O)O)CC(OS(C)(=O)=O)CN1C(=O)O. The highest BCUT2D eigenvalue weighted by Crippen LogP contribution is 2.34. The van der Waals surface area contributed by atoms with Crippen molar-refractivity contribution in [3.8, 4) is 0 Å². The van der Waals surface area contributed by atoms with Crippen LogP contribution < -0.4 is 0 Å². The van der Waals surface area contributed by atoms with E-state index < -0.39 is 33.8 Å². The molecule has 0 radical (unpaired) electrons. The zero-order valence-corrected chi connectivity index (χ0v) is 10.8. The van der Waals surface area contributed by atoms with Crippen LogP contribution in [0.1, 0.15) is 19.8 Å². The van der Waals surface area contributed by atoms with Crippen molar-refractivity contribution >= 4 is 22.2 Å². The van der Waals surface area contributed by atoms with Crippen LogP contribution in [0, 0.1) is 0 Å². The molecule has 9 heteroatoms. The largest absolute Gasteiger partial charge is 0.479 e. The maximum atomic E-state index is 11.3. The summed E-state index contributed by atoms with van der Waals surface area (Å²) in [5.41, 5.74) is -1.62. The second-order valence-electron chi connectivity index (χ2n) is 4.21. The minimum Gasteiger partial charge on any atom is -0.479 e. The standard InChI is InChI=1S/C9H15NO7S/c1-3-9(7(11)12)4-6(17-18(2,15)16)5-10(9)8(13)14/h6H,3-5H2,1-2H3,(H,11,12)(H,13,14). The van der Waals surface area contributed by atoms with Crippen LogP contribution in [0.15, 0.2) is 0 Å². The van der Waals surface area contributed by atoms with E-state index >= 15 is 0 Å². The average molecular weight is 281 g/mol. The van der Waals surface area contributed by atoms with Crippen molar-refractivity contribution in [1.29, 1.82) is 0 Å². The molecule has 0 saturated carbocycles. The molecular formula is C9H15NO7S. The van der Waals surface area contributed by atoms with Gasteiger partial charge < -0.3 is 10.2 Å². The molecule has 0 spiro atoms. The highest BCUT2D eigenvalue weighted by molar-refractivity contribution is 7.86. The molecule has 0 aliphatic carbocycles. The molecule has 1 aliphatic heterocycles. The van der Waals surface area contributed by atoms with Gasteiger partial charge in [0.2, 0.25) is 0 Å². The Morgan fingerprint density at radius 1 is 1.44 bits per heavy atom. The van der Waals surface area contributed by atoms with Gasteiger partial charge in [0.25, 0.3) is 10.1 Å². The smallest absolute Gasteiger partial charge is 0.408 e. The number of carbonyl (C=O) groups is 2. The Labute approximate surface area is 104 Å². The molecule has 2 N–H and O–H groups in total. The van der Waals surface area contributed by atoms with Gasteiger partial charge in [-0.15, -0.1) is 0 Å². The van der Waals surface area contributed by atoms with Crippen molar-refractivity contribution < 1.29 is 32.4 Å². The van der Waals surface area contributed by atoms with Crippen LogP contribution in [-0.2, 0) is 19.1 Å². The minimum absolute atomic E-state index is 0.0399. The first kappa shape index (κ1) is 14.7. The normalized spacial score (nSPS) is 28.3. The van der Waals surface area contributed by atoms with Crippen LogP contribution in [-0.4, -0.2) is 60.0 Å². The van der Waals surface area contributed by atoms with Crippen molar-refractivity contribution in [2.75, 3.05) is 12.8 Å². The number of nitrogens with zero attached hydrogens (tertiary/aromatic N) is 1. The van der Waals surface area contributed by atoms with E-state index in [1.54, 1.807) is 0 Å². The quantitative estimate of drug-likeness (QED) is 0.693. The lowest BCUT2D eigenvalue weighted by Crippen LogP contribution is -2.52. The summed E-state index contributed by atoms with van der Waals surface area (Å²) in [4.78, 5) is 23.0. The van der Waals surface area contributed by atoms with Gasteiger partial charge in [-0.2, -0.15) is 8.42 Å². The van der Waals surface area contributed by atoms with Gasteiger partial charge in [-0.25, -0.2) is 9.59 Å². The summed E-state index contributed by atoms with van der Waals surface area (Å²) in [5, 5.41) is 18.2. The third-order valence-electron chi connectivity index (χ3n) is 2.99. The molecule has 2 atom stereocenters. The Bertz CT molecular complexity index is 460. The summed E-state index contributed by atoms with van der Waals surface area (Å²) in [6.07, 6.45) is -1.67. The number of amides is 1. The number of likely N-dealkylation sites (tertiary alicyclic amines) is 1. The van der Waals surface area contributed by atoms with Gasteiger partial charge in [0, 0.05) is 6.42 Å². The van der Waals surface area contributed by atoms with Crippen molar-refractivity contribution in [2.45, 2.75) is 31.4 Å². The fraction of sp³-hybridized carbons (Fsp3) is 0.778. The average Bonchev–Trinajstić information content (AvgIpc) is 2.55. The van der Waals surface area contributed by atoms with E-state index in [1.807, 2.05) is 0 Å². The lowest BCUT2D eigenvalue weighted by Gasteiger charge is -2.30. The molecule has 1 saturated heterocycles. The monoisotopic (exact) mass is 281 g/mol. The van der Waals surface area contributed by atoms with Crippen LogP contribution in [0.2, 0.25) is 0 Å². The van der Waals surface area contributed by atoms with E-state index in [0.717, 1.165) is 11.2 Å². The summed E-state index contributed by atoms with van der Waals surface area (Å²) in [5.74, 6) is -1.30. The second kappa shape index (κ2) is 4.73. The minimum atomic E-state index is -3.75. The van der Waals surface area contributed by atoms with Crippen LogP contribution in [0.3, 0.4) is 0 Å². The third kappa shape index (κ3) is 2.72. The van der Waals surface area contributed by atoms with E-state index in [4.69, 9.17) is 9.29 Å². The number of rotatable bonds is 4. The van der Waals surface area contributed by atoms with Crippen LogP contribution in [0.25, 0.3) is 0 Å². The summed E-state index contributed by atoms with van der Waals surface area (Å²) in [6, 6.07) is 0. The predicted octanol–water partition coefficient (Wildman–Crippen LogP) is -0.0517. The first-order valence-corrected chi connectivity index (χ1v) is 7.06. The fourth-order valence-electron chi connectivity index (χ4n) is 2.19. The Kier molecular flexibility index (Phi) is 3.86. The van der Waals surface area contributed by atoms with Crippen LogP contribution in [0.4, 0.5) is 4.79 Å².